The molecule has 1 fully saturated rings. The summed E-state index contributed by atoms with van der Waals surface area (Å²) in [6.07, 6.45) is 7.39. The molecule has 3 heterocycles. The molecule has 0 aliphatic carbocycles. The highest BCUT2D eigenvalue weighted by Gasteiger charge is 2.28. The molecule has 170 valence electrons. The second-order valence-electron chi connectivity index (χ2n) is 9.41. The van der Waals surface area contributed by atoms with Gasteiger partial charge in [0.15, 0.2) is 0 Å². The first kappa shape index (κ1) is 21.7. The highest BCUT2D eigenvalue weighted by Crippen LogP contribution is 2.39. The Morgan fingerprint density at radius 3 is 2.70 bits per heavy atom. The molecular formula is C28H31N3O2. The van der Waals surface area contributed by atoms with Crippen LogP contribution in [0.25, 0.3) is 11.1 Å². The van der Waals surface area contributed by atoms with E-state index in [0.717, 1.165) is 18.5 Å². The van der Waals surface area contributed by atoms with Gasteiger partial charge in [0, 0.05) is 43.8 Å². The lowest BCUT2D eigenvalue weighted by atomic mass is 9.93. The van der Waals surface area contributed by atoms with Crippen LogP contribution in [0.5, 0.6) is 0 Å². The van der Waals surface area contributed by atoms with E-state index in [0.29, 0.717) is 12.0 Å². The minimum absolute atomic E-state index is 0.287. The predicted octanol–water partition coefficient (Wildman–Crippen LogP) is 5.47. The van der Waals surface area contributed by atoms with Crippen LogP contribution in [-0.4, -0.2) is 41.1 Å². The van der Waals surface area contributed by atoms with Crippen LogP contribution in [0.3, 0.4) is 0 Å². The number of aryl methyl sites for hydroxylation is 2. The molecule has 1 saturated heterocycles. The Hall–Kier alpha value is -3.18. The van der Waals surface area contributed by atoms with Crippen molar-refractivity contribution in [2.45, 2.75) is 45.2 Å². The third-order valence-electron chi connectivity index (χ3n) is 7.27. The number of benzene rings is 2. The van der Waals surface area contributed by atoms with Crippen LogP contribution >= 0.6 is 0 Å². The standard InChI is InChI=1S/C28H31N3O2/c1-19-15-23(31-13-3-4-14-31)7-9-24(19)20-5-8-25-22(16-20)18-30(2)27(25)10-6-21-17-29-12-11-26(21)28(32)33/h5,7-9,11-12,15-17,27H,3-4,6,10,13-14,18H2,1-2H3,(H,32,33)/t27-/m0/s1. The summed E-state index contributed by atoms with van der Waals surface area (Å²) in [4.78, 5) is 20.5. The fourth-order valence-corrected chi connectivity index (χ4v) is 5.50. The van der Waals surface area contributed by atoms with Crippen LogP contribution in [0.4, 0.5) is 5.69 Å². The number of fused-ring (bicyclic) bond motifs is 1. The summed E-state index contributed by atoms with van der Waals surface area (Å²) in [5.41, 5.74) is 9.11. The van der Waals surface area contributed by atoms with Crippen LogP contribution in [0.1, 0.15) is 57.9 Å². The molecule has 5 heteroatoms. The minimum atomic E-state index is -0.886. The van der Waals surface area contributed by atoms with Crippen molar-refractivity contribution in [3.8, 4) is 11.1 Å². The van der Waals surface area contributed by atoms with E-state index >= 15 is 0 Å². The molecule has 0 unspecified atom stereocenters. The maximum absolute atomic E-state index is 11.5. The molecule has 33 heavy (non-hydrogen) atoms. The van der Waals surface area contributed by atoms with Crippen LogP contribution in [-0.2, 0) is 13.0 Å². The Morgan fingerprint density at radius 1 is 1.12 bits per heavy atom. The minimum Gasteiger partial charge on any atom is -0.478 e. The number of aromatic carboxylic acids is 1. The van der Waals surface area contributed by atoms with Crippen molar-refractivity contribution >= 4 is 11.7 Å². The smallest absolute Gasteiger partial charge is 0.336 e. The Kier molecular flexibility index (Phi) is 5.90. The summed E-state index contributed by atoms with van der Waals surface area (Å²) in [7, 11) is 2.15. The van der Waals surface area contributed by atoms with Crippen molar-refractivity contribution in [3.05, 3.63) is 82.7 Å². The van der Waals surface area contributed by atoms with Gasteiger partial charge in [-0.1, -0.05) is 18.2 Å². The van der Waals surface area contributed by atoms with E-state index < -0.39 is 5.97 Å². The summed E-state index contributed by atoms with van der Waals surface area (Å²) >= 11 is 0. The molecule has 2 aliphatic heterocycles. The second kappa shape index (κ2) is 8.99. The second-order valence-corrected chi connectivity index (χ2v) is 9.41. The summed E-state index contributed by atoms with van der Waals surface area (Å²) in [6.45, 7) is 5.46. The Balaban J connectivity index is 1.36. The fraction of sp³-hybridized carbons (Fsp3) is 0.357. The summed E-state index contributed by atoms with van der Waals surface area (Å²) in [5, 5.41) is 9.47. The SMILES string of the molecule is Cc1cc(N2CCCC2)ccc1-c1ccc2c(c1)CN(C)[C@H]2CCc1cnccc1C(=O)O. The molecule has 5 rings (SSSR count). The lowest BCUT2D eigenvalue weighted by molar-refractivity contribution is 0.0695. The molecular weight excluding hydrogens is 410 g/mol. The van der Waals surface area contributed by atoms with Crippen molar-refractivity contribution in [2.24, 2.45) is 0 Å². The van der Waals surface area contributed by atoms with Crippen molar-refractivity contribution in [1.29, 1.82) is 0 Å². The quantitative estimate of drug-likeness (QED) is 0.549. The highest BCUT2D eigenvalue weighted by molar-refractivity contribution is 5.89. The molecule has 5 nitrogen and oxygen atoms in total. The zero-order chi connectivity index (χ0) is 22.9. The third-order valence-corrected chi connectivity index (χ3v) is 7.27. The van der Waals surface area contributed by atoms with Gasteiger partial charge in [0.25, 0.3) is 0 Å². The number of aromatic nitrogens is 1. The summed E-state index contributed by atoms with van der Waals surface area (Å²) in [5.74, 6) is -0.886. The van der Waals surface area contributed by atoms with Crippen LogP contribution in [0, 0.1) is 6.92 Å². The van der Waals surface area contributed by atoms with Gasteiger partial charge in [0.2, 0.25) is 0 Å². The molecule has 0 saturated carbocycles. The molecule has 1 N–H and O–H groups in total. The van der Waals surface area contributed by atoms with Gasteiger partial charge in [-0.3, -0.25) is 9.88 Å². The number of pyridine rings is 1. The number of anilines is 1. The predicted molar refractivity (Wildman–Crippen MR) is 132 cm³/mol. The molecule has 2 aliphatic rings. The van der Waals surface area contributed by atoms with Crippen molar-refractivity contribution in [3.63, 3.8) is 0 Å². The van der Waals surface area contributed by atoms with Gasteiger partial charge in [0.1, 0.15) is 0 Å². The Labute approximate surface area is 195 Å². The number of carbonyl (C=O) groups is 1. The average Bonchev–Trinajstić information content (AvgIpc) is 3.45. The molecule has 0 amide bonds. The summed E-state index contributed by atoms with van der Waals surface area (Å²) < 4.78 is 0. The number of rotatable bonds is 6. The first-order valence-electron chi connectivity index (χ1n) is 11.9. The maximum atomic E-state index is 11.5. The van der Waals surface area contributed by atoms with Gasteiger partial charge in [-0.05, 0) is 97.3 Å². The van der Waals surface area contributed by atoms with E-state index in [1.165, 1.54) is 59.4 Å². The van der Waals surface area contributed by atoms with Gasteiger partial charge in [-0.2, -0.15) is 0 Å². The monoisotopic (exact) mass is 441 g/mol. The molecule has 0 bridgehead atoms. The molecule has 1 atom stereocenters. The van der Waals surface area contributed by atoms with Crippen LogP contribution < -0.4 is 4.90 Å². The maximum Gasteiger partial charge on any atom is 0.336 e. The third kappa shape index (κ3) is 4.25. The van der Waals surface area contributed by atoms with Gasteiger partial charge in [-0.15, -0.1) is 0 Å². The van der Waals surface area contributed by atoms with Crippen LogP contribution in [0.15, 0.2) is 54.9 Å². The molecule has 3 aromatic rings. The first-order chi connectivity index (χ1) is 16.0. The van der Waals surface area contributed by atoms with E-state index in [1.807, 2.05) is 0 Å². The lowest BCUT2D eigenvalue weighted by Gasteiger charge is -2.21. The van der Waals surface area contributed by atoms with Gasteiger partial charge in [-0.25, -0.2) is 4.79 Å². The van der Waals surface area contributed by atoms with E-state index in [9.17, 15) is 9.90 Å². The Morgan fingerprint density at radius 2 is 1.94 bits per heavy atom. The average molecular weight is 442 g/mol. The van der Waals surface area contributed by atoms with Crippen molar-refractivity contribution < 1.29 is 9.90 Å². The van der Waals surface area contributed by atoms with E-state index in [2.05, 4.69) is 65.2 Å². The zero-order valence-electron chi connectivity index (χ0n) is 19.4. The highest BCUT2D eigenvalue weighted by atomic mass is 16.4. The Bertz CT molecular complexity index is 1180. The van der Waals surface area contributed by atoms with Crippen molar-refractivity contribution in [1.82, 2.24) is 9.88 Å². The molecule has 0 radical (unpaired) electrons. The van der Waals surface area contributed by atoms with Gasteiger partial charge in [0.05, 0.1) is 5.56 Å². The normalized spacial score (nSPS) is 18.0. The van der Waals surface area contributed by atoms with E-state index in [4.69, 9.17) is 0 Å². The number of carboxylic acid groups (broad SMARTS) is 1. The zero-order valence-corrected chi connectivity index (χ0v) is 19.4. The van der Waals surface area contributed by atoms with E-state index in [1.54, 1.807) is 18.5 Å². The topological polar surface area (TPSA) is 56.7 Å². The lowest BCUT2D eigenvalue weighted by Crippen LogP contribution is -2.17. The number of hydrogen-bond donors (Lipinski definition) is 1. The fourth-order valence-electron chi connectivity index (χ4n) is 5.50. The van der Waals surface area contributed by atoms with Crippen LogP contribution in [0.2, 0.25) is 0 Å². The van der Waals surface area contributed by atoms with E-state index in [-0.39, 0.29) is 6.04 Å². The van der Waals surface area contributed by atoms with Gasteiger partial charge >= 0.3 is 5.97 Å². The molecule has 1 aromatic heterocycles. The summed E-state index contributed by atoms with van der Waals surface area (Å²) in [6, 6.07) is 15.6. The number of nitrogens with zero attached hydrogens (tertiary/aromatic N) is 3. The largest absolute Gasteiger partial charge is 0.478 e. The number of carboxylic acids is 1. The van der Waals surface area contributed by atoms with Crippen molar-refractivity contribution in [2.75, 3.05) is 25.0 Å². The molecule has 0 spiro atoms. The molecule has 2 aromatic carbocycles. The first-order valence-corrected chi connectivity index (χ1v) is 11.9. The number of hydrogen-bond acceptors (Lipinski definition) is 4. The van der Waals surface area contributed by atoms with Gasteiger partial charge < -0.3 is 10.0 Å².